The minimum Gasteiger partial charge on any atom is -0.271 e. The first-order chi connectivity index (χ1) is 7.06. The van der Waals surface area contributed by atoms with Gasteiger partial charge in [0.25, 0.3) is 0 Å². The largest absolute Gasteiger partial charge is 0.271 e. The molecule has 0 saturated carbocycles. The molecule has 1 atom stereocenters. The number of benzene rings is 1. The summed E-state index contributed by atoms with van der Waals surface area (Å²) in [6.45, 7) is 10.2. The van der Waals surface area contributed by atoms with E-state index in [0.717, 1.165) is 12.0 Å². The summed E-state index contributed by atoms with van der Waals surface area (Å²) in [5, 5.41) is 0. The smallest absolute Gasteiger partial charge is 0.0499 e. The van der Waals surface area contributed by atoms with Crippen molar-refractivity contribution in [1.82, 2.24) is 5.43 Å². The number of hydrogen-bond donors (Lipinski definition) is 2. The van der Waals surface area contributed by atoms with Crippen LogP contribution in [-0.2, 0) is 0 Å². The van der Waals surface area contributed by atoms with Crippen LogP contribution in [0.5, 0.6) is 0 Å². The van der Waals surface area contributed by atoms with Gasteiger partial charge in [0.2, 0.25) is 0 Å². The Kier molecular flexibility index (Phi) is 4.06. The highest BCUT2D eigenvalue weighted by molar-refractivity contribution is 5.35. The summed E-state index contributed by atoms with van der Waals surface area (Å²) in [6.07, 6.45) is 0.876. The van der Waals surface area contributed by atoms with Crippen LogP contribution >= 0.6 is 0 Å². The zero-order valence-electron chi connectivity index (χ0n) is 9.80. The van der Waals surface area contributed by atoms with Crippen molar-refractivity contribution < 1.29 is 0 Å². The second-order valence-corrected chi connectivity index (χ2v) is 4.17. The Bertz CT molecular complexity index is 356. The third kappa shape index (κ3) is 2.91. The van der Waals surface area contributed by atoms with Crippen LogP contribution in [0, 0.1) is 13.8 Å². The number of rotatable bonds is 4. The molecule has 1 aromatic carbocycles. The number of hydrazine groups is 1. The normalized spacial score (nSPS) is 12.5. The quantitative estimate of drug-likeness (QED) is 0.449. The molecule has 15 heavy (non-hydrogen) atoms. The van der Waals surface area contributed by atoms with Crippen LogP contribution in [0.1, 0.15) is 36.1 Å². The lowest BCUT2D eigenvalue weighted by Gasteiger charge is -2.19. The van der Waals surface area contributed by atoms with Gasteiger partial charge in [0.05, 0.1) is 0 Å². The van der Waals surface area contributed by atoms with Crippen molar-refractivity contribution in [1.29, 1.82) is 0 Å². The van der Waals surface area contributed by atoms with Crippen molar-refractivity contribution >= 4 is 0 Å². The molecule has 0 bridgehead atoms. The molecule has 3 N–H and O–H groups in total. The van der Waals surface area contributed by atoms with Gasteiger partial charge in [-0.1, -0.05) is 23.8 Å². The van der Waals surface area contributed by atoms with E-state index in [1.165, 1.54) is 16.7 Å². The number of nitrogens with two attached hydrogens (primary N) is 1. The molecule has 1 aromatic rings. The molecular formula is C13H20N2. The van der Waals surface area contributed by atoms with Crippen molar-refractivity contribution in [3.63, 3.8) is 0 Å². The Morgan fingerprint density at radius 1 is 1.47 bits per heavy atom. The highest BCUT2D eigenvalue weighted by Gasteiger charge is 2.12. The maximum Gasteiger partial charge on any atom is 0.0499 e. The van der Waals surface area contributed by atoms with Crippen LogP contribution in [-0.4, -0.2) is 0 Å². The minimum absolute atomic E-state index is 0.169. The van der Waals surface area contributed by atoms with E-state index in [1.54, 1.807) is 0 Å². The van der Waals surface area contributed by atoms with Gasteiger partial charge in [-0.25, -0.2) is 0 Å². The first-order valence-corrected chi connectivity index (χ1v) is 5.23. The fourth-order valence-electron chi connectivity index (χ4n) is 1.76. The van der Waals surface area contributed by atoms with Crippen molar-refractivity contribution in [3.8, 4) is 0 Å². The zero-order chi connectivity index (χ0) is 11.4. The standard InChI is InChI=1S/C13H20N2/c1-9(2)8-13(15-14)12-7-5-6-10(3)11(12)4/h5-7,13,15H,1,8,14H2,2-4H3. The summed E-state index contributed by atoms with van der Waals surface area (Å²) < 4.78 is 0. The second kappa shape index (κ2) is 5.10. The molecule has 0 saturated heterocycles. The Hall–Kier alpha value is -1.12. The predicted molar refractivity (Wildman–Crippen MR) is 65.4 cm³/mol. The maximum atomic E-state index is 5.58. The van der Waals surface area contributed by atoms with Crippen LogP contribution in [0.3, 0.4) is 0 Å². The summed E-state index contributed by atoms with van der Waals surface area (Å²) in [5.74, 6) is 5.58. The van der Waals surface area contributed by atoms with Gasteiger partial charge in [-0.15, -0.1) is 6.58 Å². The topological polar surface area (TPSA) is 38.0 Å². The van der Waals surface area contributed by atoms with E-state index < -0.39 is 0 Å². The lowest BCUT2D eigenvalue weighted by molar-refractivity contribution is 0.547. The fraction of sp³-hybridized carbons (Fsp3) is 0.385. The Labute approximate surface area is 92.2 Å². The Morgan fingerprint density at radius 2 is 2.13 bits per heavy atom. The second-order valence-electron chi connectivity index (χ2n) is 4.17. The van der Waals surface area contributed by atoms with Gasteiger partial charge in [0.1, 0.15) is 0 Å². The summed E-state index contributed by atoms with van der Waals surface area (Å²) in [6, 6.07) is 6.48. The van der Waals surface area contributed by atoms with Gasteiger partial charge in [0, 0.05) is 6.04 Å². The molecule has 0 spiro atoms. The van der Waals surface area contributed by atoms with Gasteiger partial charge in [-0.05, 0) is 43.9 Å². The monoisotopic (exact) mass is 204 g/mol. The molecule has 0 amide bonds. The number of aryl methyl sites for hydroxylation is 1. The molecule has 0 aromatic heterocycles. The third-order valence-corrected chi connectivity index (χ3v) is 2.78. The molecule has 0 aliphatic rings. The van der Waals surface area contributed by atoms with Crippen LogP contribution in [0.2, 0.25) is 0 Å². The average molecular weight is 204 g/mol. The van der Waals surface area contributed by atoms with E-state index in [4.69, 9.17) is 5.84 Å². The first kappa shape index (κ1) is 12.0. The summed E-state index contributed by atoms with van der Waals surface area (Å²) in [7, 11) is 0. The molecule has 82 valence electrons. The molecule has 0 heterocycles. The van der Waals surface area contributed by atoms with E-state index in [2.05, 4.69) is 44.1 Å². The average Bonchev–Trinajstić information content (AvgIpc) is 2.19. The third-order valence-electron chi connectivity index (χ3n) is 2.78. The zero-order valence-corrected chi connectivity index (χ0v) is 9.80. The number of hydrogen-bond acceptors (Lipinski definition) is 2. The van der Waals surface area contributed by atoms with Crippen LogP contribution < -0.4 is 11.3 Å². The molecule has 1 unspecified atom stereocenters. The fourth-order valence-corrected chi connectivity index (χ4v) is 1.76. The molecule has 1 rings (SSSR count). The minimum atomic E-state index is 0.169. The van der Waals surface area contributed by atoms with Gasteiger partial charge < -0.3 is 0 Å². The van der Waals surface area contributed by atoms with E-state index in [9.17, 15) is 0 Å². The molecule has 2 heteroatoms. The summed E-state index contributed by atoms with van der Waals surface area (Å²) >= 11 is 0. The summed E-state index contributed by atoms with van der Waals surface area (Å²) in [5.41, 5.74) is 7.87. The Balaban J connectivity index is 3.01. The van der Waals surface area contributed by atoms with Gasteiger partial charge in [0.15, 0.2) is 0 Å². The summed E-state index contributed by atoms with van der Waals surface area (Å²) in [4.78, 5) is 0. The van der Waals surface area contributed by atoms with E-state index >= 15 is 0 Å². The van der Waals surface area contributed by atoms with E-state index in [-0.39, 0.29) is 6.04 Å². The Morgan fingerprint density at radius 3 is 2.67 bits per heavy atom. The number of nitrogens with one attached hydrogen (secondary N) is 1. The van der Waals surface area contributed by atoms with Crippen molar-refractivity contribution in [2.24, 2.45) is 5.84 Å². The lowest BCUT2D eigenvalue weighted by atomic mass is 9.94. The van der Waals surface area contributed by atoms with Gasteiger partial charge in [-0.2, -0.15) is 0 Å². The maximum absolute atomic E-state index is 5.58. The van der Waals surface area contributed by atoms with Crippen LogP contribution in [0.4, 0.5) is 0 Å². The van der Waals surface area contributed by atoms with E-state index in [1.807, 2.05) is 6.92 Å². The molecule has 0 radical (unpaired) electrons. The van der Waals surface area contributed by atoms with Crippen molar-refractivity contribution in [2.45, 2.75) is 33.2 Å². The van der Waals surface area contributed by atoms with E-state index in [0.29, 0.717) is 0 Å². The lowest BCUT2D eigenvalue weighted by Crippen LogP contribution is -2.28. The predicted octanol–water partition coefficient (Wildman–Crippen LogP) is 2.77. The highest BCUT2D eigenvalue weighted by Crippen LogP contribution is 2.24. The highest BCUT2D eigenvalue weighted by atomic mass is 15.2. The molecule has 0 fully saturated rings. The molecule has 0 aliphatic heterocycles. The van der Waals surface area contributed by atoms with Gasteiger partial charge in [-0.3, -0.25) is 11.3 Å². The SMILES string of the molecule is C=C(C)CC(NN)c1cccc(C)c1C. The van der Waals surface area contributed by atoms with Gasteiger partial charge >= 0.3 is 0 Å². The first-order valence-electron chi connectivity index (χ1n) is 5.23. The van der Waals surface area contributed by atoms with Crippen LogP contribution in [0.15, 0.2) is 30.4 Å². The van der Waals surface area contributed by atoms with Crippen molar-refractivity contribution in [2.75, 3.05) is 0 Å². The van der Waals surface area contributed by atoms with Crippen molar-refractivity contribution in [3.05, 3.63) is 47.0 Å². The molecule has 0 aliphatic carbocycles. The van der Waals surface area contributed by atoms with Crippen LogP contribution in [0.25, 0.3) is 0 Å². The molecular weight excluding hydrogens is 184 g/mol. The molecule has 2 nitrogen and oxygen atoms in total.